The van der Waals surface area contributed by atoms with Crippen molar-refractivity contribution in [1.29, 1.82) is 0 Å². The second kappa shape index (κ2) is 15.2. The maximum Gasteiger partial charge on any atom is 0.408 e. The van der Waals surface area contributed by atoms with E-state index in [1.54, 1.807) is 39.0 Å². The number of aliphatic hydroxyl groups is 4. The van der Waals surface area contributed by atoms with Crippen LogP contribution in [-0.4, -0.2) is 110 Å². The van der Waals surface area contributed by atoms with E-state index in [-0.39, 0.29) is 23.1 Å². The lowest BCUT2D eigenvalue weighted by Crippen LogP contribution is -2.81. The van der Waals surface area contributed by atoms with Crippen LogP contribution >= 0.6 is 0 Å². The number of esters is 3. The van der Waals surface area contributed by atoms with Crippen LogP contribution in [0, 0.1) is 16.7 Å². The molecule has 1 aliphatic heterocycles. The normalized spacial score (nSPS) is 34.9. The van der Waals surface area contributed by atoms with Crippen LogP contribution in [0.1, 0.15) is 97.0 Å². The van der Waals surface area contributed by atoms with Gasteiger partial charge in [0.15, 0.2) is 17.5 Å². The molecule has 2 bridgehead atoms. The summed E-state index contributed by atoms with van der Waals surface area (Å²) in [4.78, 5) is 69.6. The molecule has 3 aliphatic carbocycles. The second-order valence-electron chi connectivity index (χ2n) is 17.2. The molecule has 2 saturated carbocycles. The quantitative estimate of drug-likeness (QED) is 0.147. The Labute approximate surface area is 343 Å². The van der Waals surface area contributed by atoms with E-state index in [1.165, 1.54) is 39.8 Å². The predicted molar refractivity (Wildman–Crippen MR) is 204 cm³/mol. The summed E-state index contributed by atoms with van der Waals surface area (Å²) < 4.78 is 70.7. The maximum absolute atomic E-state index is 15.1. The number of hydrogen-bond donors (Lipinski definition) is 5. The van der Waals surface area contributed by atoms with E-state index in [0.717, 1.165) is 6.92 Å². The minimum absolute atomic E-state index is 0.0324. The zero-order valence-electron chi connectivity index (χ0n) is 38.5. The van der Waals surface area contributed by atoms with E-state index >= 15 is 4.79 Å². The van der Waals surface area contributed by atoms with Gasteiger partial charge in [-0.15, -0.1) is 0 Å². The summed E-state index contributed by atoms with van der Waals surface area (Å²) in [5.74, 6) is -6.67. The van der Waals surface area contributed by atoms with Crippen molar-refractivity contribution in [1.82, 2.24) is 5.32 Å². The molecule has 2 aromatic rings. The lowest BCUT2D eigenvalue weighted by atomic mass is 9.44. The van der Waals surface area contributed by atoms with Crippen LogP contribution in [0.3, 0.4) is 0 Å². The highest BCUT2D eigenvalue weighted by molar-refractivity contribution is 5.94. The number of ketones is 1. The molecule has 1 saturated heterocycles. The lowest BCUT2D eigenvalue weighted by Gasteiger charge is -2.67. The number of ether oxygens (including phenoxy) is 5. The van der Waals surface area contributed by atoms with E-state index in [4.69, 9.17) is 30.5 Å². The van der Waals surface area contributed by atoms with Crippen LogP contribution < -0.4 is 5.32 Å². The van der Waals surface area contributed by atoms with Gasteiger partial charge in [-0.1, -0.05) is 62.3 Å². The summed E-state index contributed by atoms with van der Waals surface area (Å²) in [6.07, 6.45) is -13.0. The van der Waals surface area contributed by atoms with Gasteiger partial charge in [-0.25, -0.2) is 14.4 Å². The van der Waals surface area contributed by atoms with Gasteiger partial charge in [0.05, 0.1) is 42.5 Å². The van der Waals surface area contributed by atoms with Crippen LogP contribution in [0.15, 0.2) is 71.7 Å². The van der Waals surface area contributed by atoms with Gasteiger partial charge in [0, 0.05) is 25.2 Å². The molecule has 4 aliphatic rings. The molecule has 58 heavy (non-hydrogen) atoms. The fourth-order valence-electron chi connectivity index (χ4n) is 9.33. The van der Waals surface area contributed by atoms with Gasteiger partial charge in [-0.3, -0.25) is 9.59 Å². The zero-order valence-corrected chi connectivity index (χ0v) is 33.5. The third kappa shape index (κ3) is 7.10. The van der Waals surface area contributed by atoms with Crippen molar-refractivity contribution in [3.63, 3.8) is 0 Å². The number of carbonyl (C=O) groups is 5. The number of fused-ring (bicyclic) bond motifs is 5. The van der Waals surface area contributed by atoms with Gasteiger partial charge >= 0.3 is 24.0 Å². The van der Waals surface area contributed by atoms with E-state index in [2.05, 4.69) is 5.32 Å². The highest BCUT2D eigenvalue weighted by Crippen LogP contribution is 2.64. The van der Waals surface area contributed by atoms with Crippen molar-refractivity contribution in [2.24, 2.45) is 16.7 Å². The molecule has 15 heteroatoms. The second-order valence-corrected chi connectivity index (χ2v) is 17.2. The number of rotatable bonds is 8. The summed E-state index contributed by atoms with van der Waals surface area (Å²) in [6, 6.07) is 1.92. The molecule has 3 fully saturated rings. The number of benzene rings is 2. The van der Waals surface area contributed by atoms with E-state index in [9.17, 15) is 39.6 Å². The number of amides is 1. The summed E-state index contributed by atoms with van der Waals surface area (Å²) >= 11 is 0. The lowest BCUT2D eigenvalue weighted by molar-refractivity contribution is -0.346. The molecular weight excluding hydrogens is 754 g/mol. The van der Waals surface area contributed by atoms with Crippen molar-refractivity contribution in [3.8, 4) is 0 Å². The average molecular weight is 813 g/mol. The fourth-order valence-corrected chi connectivity index (χ4v) is 9.33. The smallest absolute Gasteiger partial charge is 0.408 e. The standard InChI is InChI=1S/C43H53NO14/c1-22-26(55-37(51)32(48)30(24-15-11-9-12-16-24)44-38(52)58-39(3,4)5)20-43(53)35(56-36(50)25-17-13-10-14-18-25)33-41(8,34(49)31(47)29(22)40(43,6)7)27(46)19-28-42(33,21-54-28)57-23(2)45/h9-18,26-28,30-33,35,46-48,53H,19-21H2,1-8H3,(H,44,52)/t26?,27-,28+,30-,31+,32?,33-,35?,41+,42-,43+/m0/s1/i10D,13D,14D,17D,18D. The first-order valence-electron chi connectivity index (χ1n) is 21.4. The Hall–Kier alpha value is -4.67. The van der Waals surface area contributed by atoms with Crippen LogP contribution in [-0.2, 0) is 38.1 Å². The Morgan fingerprint density at radius 1 is 1.02 bits per heavy atom. The van der Waals surface area contributed by atoms with Gasteiger partial charge in [-0.05, 0) is 63.4 Å². The first kappa shape index (κ1) is 36.4. The van der Waals surface area contributed by atoms with Gasteiger partial charge in [-0.2, -0.15) is 0 Å². The Kier molecular flexibility index (Phi) is 9.52. The van der Waals surface area contributed by atoms with Crippen LogP contribution in [0.25, 0.3) is 0 Å². The van der Waals surface area contributed by atoms with E-state index in [1.807, 2.05) is 0 Å². The van der Waals surface area contributed by atoms with Crippen molar-refractivity contribution < 1.29 is 74.9 Å². The van der Waals surface area contributed by atoms with E-state index in [0.29, 0.717) is 0 Å². The number of Topliss-reactive ketones (excluding diaryl/α,β-unsaturated/α-hetero) is 1. The molecule has 6 rings (SSSR count). The Bertz CT molecular complexity index is 2240. The molecule has 5 N–H and O–H groups in total. The topological polar surface area (TPSA) is 224 Å². The average Bonchev–Trinajstić information content (AvgIpc) is 3.19. The Morgan fingerprint density at radius 2 is 1.66 bits per heavy atom. The molecule has 0 spiro atoms. The molecule has 15 nitrogen and oxygen atoms in total. The summed E-state index contributed by atoms with van der Waals surface area (Å²) in [5, 5.41) is 51.8. The number of carbonyl (C=O) groups excluding carboxylic acids is 5. The van der Waals surface area contributed by atoms with Gasteiger partial charge in [0.1, 0.15) is 35.6 Å². The molecule has 3 unspecified atom stereocenters. The molecule has 0 aromatic heterocycles. The number of nitrogens with one attached hydrogen (secondary N) is 1. The van der Waals surface area contributed by atoms with Crippen molar-refractivity contribution in [3.05, 3.63) is 82.8 Å². The van der Waals surface area contributed by atoms with Gasteiger partial charge in [0.2, 0.25) is 0 Å². The molecular formula is C43H53NO14. The molecule has 0 radical (unpaired) electrons. The van der Waals surface area contributed by atoms with Gasteiger partial charge in [0.25, 0.3) is 0 Å². The monoisotopic (exact) mass is 812 g/mol. The maximum atomic E-state index is 15.1. The molecule has 314 valence electrons. The van der Waals surface area contributed by atoms with Crippen molar-refractivity contribution in [2.45, 2.75) is 128 Å². The Balaban J connectivity index is 1.54. The van der Waals surface area contributed by atoms with Crippen LogP contribution in [0.5, 0.6) is 0 Å². The third-order valence-corrected chi connectivity index (χ3v) is 12.3. The van der Waals surface area contributed by atoms with Crippen molar-refractivity contribution >= 4 is 29.8 Å². The first-order chi connectivity index (χ1) is 29.1. The highest BCUT2D eigenvalue weighted by atomic mass is 16.6. The zero-order chi connectivity index (χ0) is 47.1. The summed E-state index contributed by atoms with van der Waals surface area (Å²) in [5.41, 5.74) is -10.5. The predicted octanol–water partition coefficient (Wildman–Crippen LogP) is 3.26. The molecule has 11 atom stereocenters. The summed E-state index contributed by atoms with van der Waals surface area (Å²) in [7, 11) is 0. The molecule has 2 aromatic carbocycles. The number of alkyl carbamates (subject to hydrolysis) is 1. The minimum Gasteiger partial charge on any atom is -0.456 e. The minimum atomic E-state index is -2.63. The highest BCUT2D eigenvalue weighted by Gasteiger charge is 2.78. The summed E-state index contributed by atoms with van der Waals surface area (Å²) in [6.45, 7) is 10.9. The van der Waals surface area contributed by atoms with Crippen molar-refractivity contribution in [2.75, 3.05) is 6.61 Å². The third-order valence-electron chi connectivity index (χ3n) is 12.3. The SMILES string of the molecule is [2H]c1c([2H])c([2H])c(C(=O)OC2[C@@H]3[C@]4(OC(C)=O)CO[C@@H]4C[C@H](O)[C@@]3(C)C(=O)[C@H](O)C3=C(C)C(OC(=O)C(O)[C@@H](NC(=O)OC(C)(C)C)c4ccccc4)C[C@]2(O)C3(C)C)c([2H])c1[2H]. The first-order valence-corrected chi connectivity index (χ1v) is 18.9. The molecule has 1 amide bonds. The fraction of sp³-hybridized carbons (Fsp3) is 0.558. The largest absolute Gasteiger partial charge is 0.456 e. The molecule has 1 heterocycles. The van der Waals surface area contributed by atoms with E-state index < -0.39 is 155 Å². The number of hydrogen-bond acceptors (Lipinski definition) is 14. The van der Waals surface area contributed by atoms with Gasteiger partial charge < -0.3 is 49.4 Å². The Morgan fingerprint density at radius 3 is 2.22 bits per heavy atom. The number of aliphatic hydroxyl groups excluding tert-OH is 3. The van der Waals surface area contributed by atoms with Crippen LogP contribution in [0.4, 0.5) is 4.79 Å². The van der Waals surface area contributed by atoms with Crippen LogP contribution in [0.2, 0.25) is 0 Å².